The Hall–Kier alpha value is -1.89. The Kier molecular flexibility index (Phi) is 6.17. The number of aromatic carboxylic acids is 1. The monoisotopic (exact) mass is 283 g/mol. The Morgan fingerprint density at radius 3 is 2.75 bits per heavy atom. The lowest BCUT2D eigenvalue weighted by atomic mass is 10.3. The molecule has 0 aliphatic rings. The van der Waals surface area contributed by atoms with Gasteiger partial charge in [0.15, 0.2) is 0 Å². The minimum atomic E-state index is -1.10. The van der Waals surface area contributed by atoms with Crippen molar-refractivity contribution in [2.75, 3.05) is 13.2 Å². The van der Waals surface area contributed by atoms with E-state index in [1.165, 1.54) is 16.9 Å². The zero-order chi connectivity index (χ0) is 15.1. The van der Waals surface area contributed by atoms with E-state index >= 15 is 0 Å². The predicted molar refractivity (Wildman–Crippen MR) is 72.6 cm³/mol. The fourth-order valence-electron chi connectivity index (χ4n) is 1.65. The van der Waals surface area contributed by atoms with Crippen LogP contribution in [0.25, 0.3) is 0 Å². The van der Waals surface area contributed by atoms with Crippen molar-refractivity contribution in [3.8, 4) is 0 Å². The van der Waals surface area contributed by atoms with Crippen molar-refractivity contribution in [1.82, 2.24) is 15.1 Å². The van der Waals surface area contributed by atoms with Crippen LogP contribution in [0.15, 0.2) is 12.3 Å². The molecule has 0 aliphatic heterocycles. The van der Waals surface area contributed by atoms with Gasteiger partial charge in [-0.2, -0.15) is 5.10 Å². The molecule has 0 aliphatic carbocycles. The lowest BCUT2D eigenvalue weighted by Gasteiger charge is -2.14. The molecule has 20 heavy (non-hydrogen) atoms. The summed E-state index contributed by atoms with van der Waals surface area (Å²) in [6, 6.07) is 0.699. The van der Waals surface area contributed by atoms with Gasteiger partial charge in [0.2, 0.25) is 5.91 Å². The van der Waals surface area contributed by atoms with Crippen LogP contribution in [0.1, 0.15) is 43.7 Å². The molecule has 0 bridgehead atoms. The Morgan fingerprint density at radius 1 is 1.45 bits per heavy atom. The number of ether oxygens (including phenoxy) is 1. The number of carbonyl (C=O) groups is 2. The number of carboxylic acid groups (broad SMARTS) is 1. The second kappa shape index (κ2) is 7.64. The molecule has 7 heteroatoms. The molecule has 2 N–H and O–H groups in total. The van der Waals surface area contributed by atoms with Gasteiger partial charge in [0.25, 0.3) is 0 Å². The van der Waals surface area contributed by atoms with Crippen LogP contribution in [-0.4, -0.2) is 46.0 Å². The topological polar surface area (TPSA) is 93.5 Å². The molecule has 1 heterocycles. The van der Waals surface area contributed by atoms with E-state index in [2.05, 4.69) is 10.4 Å². The van der Waals surface area contributed by atoms with E-state index in [-0.39, 0.29) is 17.7 Å². The molecule has 1 aromatic rings. The van der Waals surface area contributed by atoms with E-state index in [0.717, 1.165) is 0 Å². The minimum Gasteiger partial charge on any atom is -0.477 e. The summed E-state index contributed by atoms with van der Waals surface area (Å²) in [6.45, 7) is 6.57. The first-order valence-electron chi connectivity index (χ1n) is 6.59. The highest BCUT2D eigenvalue weighted by atomic mass is 16.5. The van der Waals surface area contributed by atoms with Crippen molar-refractivity contribution in [2.24, 2.45) is 0 Å². The maximum Gasteiger partial charge on any atom is 0.354 e. The molecular formula is C13H21N3O4. The van der Waals surface area contributed by atoms with Crippen molar-refractivity contribution in [2.45, 2.75) is 39.3 Å². The predicted octanol–water partition coefficient (Wildman–Crippen LogP) is 1.07. The first-order chi connectivity index (χ1) is 9.43. The first kappa shape index (κ1) is 16.2. The number of hydrogen-bond donors (Lipinski definition) is 2. The molecule has 112 valence electrons. The number of nitrogens with one attached hydrogen (secondary N) is 1. The summed E-state index contributed by atoms with van der Waals surface area (Å²) in [4.78, 5) is 22.9. The number of nitrogens with zero attached hydrogens (tertiary/aromatic N) is 2. The molecule has 1 atom stereocenters. The van der Waals surface area contributed by atoms with Gasteiger partial charge in [0.05, 0.1) is 6.10 Å². The highest BCUT2D eigenvalue weighted by Gasteiger charge is 2.20. The van der Waals surface area contributed by atoms with Gasteiger partial charge in [-0.3, -0.25) is 4.79 Å². The van der Waals surface area contributed by atoms with Crippen LogP contribution in [0, 0.1) is 0 Å². The Bertz CT molecular complexity index is 456. The van der Waals surface area contributed by atoms with Gasteiger partial charge in [-0.1, -0.05) is 0 Å². The molecule has 0 radical (unpaired) electrons. The minimum absolute atomic E-state index is 0.00390. The van der Waals surface area contributed by atoms with Gasteiger partial charge >= 0.3 is 5.97 Å². The standard InChI is InChI=1S/C13H21N3O4/c1-9(2)20-8-4-6-14-12(17)10(3)16-11(13(18)19)5-7-15-16/h5,7,9-10H,4,6,8H2,1-3H3,(H,14,17)(H,18,19). The Balaban J connectivity index is 2.43. The summed E-state index contributed by atoms with van der Waals surface area (Å²) in [5.74, 6) is -1.37. The van der Waals surface area contributed by atoms with Gasteiger partial charge in [0.1, 0.15) is 11.7 Å². The third-order valence-corrected chi connectivity index (χ3v) is 2.71. The molecule has 0 saturated carbocycles. The zero-order valence-corrected chi connectivity index (χ0v) is 12.0. The number of amides is 1. The lowest BCUT2D eigenvalue weighted by molar-refractivity contribution is -0.124. The normalized spacial score (nSPS) is 12.4. The summed E-state index contributed by atoms with van der Waals surface area (Å²) in [7, 11) is 0. The molecular weight excluding hydrogens is 262 g/mol. The number of carbonyl (C=O) groups excluding carboxylic acids is 1. The zero-order valence-electron chi connectivity index (χ0n) is 12.0. The molecule has 0 fully saturated rings. The highest BCUT2D eigenvalue weighted by Crippen LogP contribution is 2.09. The van der Waals surface area contributed by atoms with Crippen LogP contribution >= 0.6 is 0 Å². The molecule has 7 nitrogen and oxygen atoms in total. The van der Waals surface area contributed by atoms with Gasteiger partial charge in [-0.15, -0.1) is 0 Å². The number of hydrogen-bond acceptors (Lipinski definition) is 4. The van der Waals surface area contributed by atoms with Crippen molar-refractivity contribution < 1.29 is 19.4 Å². The second-order valence-corrected chi connectivity index (χ2v) is 4.71. The fraction of sp³-hybridized carbons (Fsp3) is 0.615. The van der Waals surface area contributed by atoms with Crippen LogP contribution in [0.3, 0.4) is 0 Å². The summed E-state index contributed by atoms with van der Waals surface area (Å²) in [5.41, 5.74) is -0.00390. The third-order valence-electron chi connectivity index (χ3n) is 2.71. The summed E-state index contributed by atoms with van der Waals surface area (Å²) >= 11 is 0. The van der Waals surface area contributed by atoms with E-state index in [9.17, 15) is 9.59 Å². The van der Waals surface area contributed by atoms with Crippen LogP contribution in [0.5, 0.6) is 0 Å². The van der Waals surface area contributed by atoms with Crippen LogP contribution < -0.4 is 5.32 Å². The second-order valence-electron chi connectivity index (χ2n) is 4.71. The average Bonchev–Trinajstić information content (AvgIpc) is 2.86. The van der Waals surface area contributed by atoms with Gasteiger partial charge in [0, 0.05) is 19.3 Å². The SMILES string of the molecule is CC(C)OCCCNC(=O)C(C)n1nccc1C(=O)O. The maximum absolute atomic E-state index is 11.9. The van der Waals surface area contributed by atoms with Gasteiger partial charge in [-0.25, -0.2) is 9.48 Å². The fourth-order valence-corrected chi connectivity index (χ4v) is 1.65. The molecule has 0 spiro atoms. The summed E-state index contributed by atoms with van der Waals surface area (Å²) in [6.07, 6.45) is 2.25. The number of rotatable bonds is 8. The van der Waals surface area contributed by atoms with Crippen molar-refractivity contribution in [3.05, 3.63) is 18.0 Å². The average molecular weight is 283 g/mol. The first-order valence-corrected chi connectivity index (χ1v) is 6.59. The Labute approximate surface area is 117 Å². The van der Waals surface area contributed by atoms with Crippen LogP contribution in [-0.2, 0) is 9.53 Å². The highest BCUT2D eigenvalue weighted by molar-refractivity contribution is 5.87. The van der Waals surface area contributed by atoms with Gasteiger partial charge < -0.3 is 15.2 Å². The lowest BCUT2D eigenvalue weighted by Crippen LogP contribution is -2.33. The Morgan fingerprint density at radius 2 is 2.15 bits per heavy atom. The molecule has 1 unspecified atom stereocenters. The summed E-state index contributed by atoms with van der Waals surface area (Å²) < 4.78 is 6.56. The molecule has 1 amide bonds. The number of carboxylic acids is 1. The quantitative estimate of drug-likeness (QED) is 0.696. The third kappa shape index (κ3) is 4.65. The van der Waals surface area contributed by atoms with E-state index in [0.29, 0.717) is 19.6 Å². The molecule has 0 aromatic carbocycles. The van der Waals surface area contributed by atoms with E-state index in [1.807, 2.05) is 13.8 Å². The largest absolute Gasteiger partial charge is 0.477 e. The molecule has 1 aromatic heterocycles. The van der Waals surface area contributed by atoms with E-state index in [4.69, 9.17) is 9.84 Å². The smallest absolute Gasteiger partial charge is 0.354 e. The summed E-state index contributed by atoms with van der Waals surface area (Å²) in [5, 5.41) is 15.6. The maximum atomic E-state index is 11.9. The van der Waals surface area contributed by atoms with Crippen LogP contribution in [0.2, 0.25) is 0 Å². The molecule has 0 saturated heterocycles. The van der Waals surface area contributed by atoms with Crippen LogP contribution in [0.4, 0.5) is 0 Å². The van der Waals surface area contributed by atoms with Crippen molar-refractivity contribution in [3.63, 3.8) is 0 Å². The van der Waals surface area contributed by atoms with Crippen molar-refractivity contribution in [1.29, 1.82) is 0 Å². The van der Waals surface area contributed by atoms with E-state index in [1.54, 1.807) is 6.92 Å². The van der Waals surface area contributed by atoms with Gasteiger partial charge in [-0.05, 0) is 33.3 Å². The van der Waals surface area contributed by atoms with E-state index < -0.39 is 12.0 Å². The van der Waals surface area contributed by atoms with Crippen molar-refractivity contribution >= 4 is 11.9 Å². The number of aromatic nitrogens is 2. The molecule has 1 rings (SSSR count).